The van der Waals surface area contributed by atoms with Gasteiger partial charge >= 0.3 is 11.6 Å². The maximum Gasteiger partial charge on any atom is 0.338 e. The lowest BCUT2D eigenvalue weighted by Crippen LogP contribution is -2.43. The van der Waals surface area contributed by atoms with E-state index in [2.05, 4.69) is 10.2 Å². The highest BCUT2D eigenvalue weighted by molar-refractivity contribution is 6.05. The van der Waals surface area contributed by atoms with E-state index in [0.29, 0.717) is 22.4 Å². The Morgan fingerprint density at radius 2 is 2.06 bits per heavy atom. The molecule has 2 aliphatic heterocycles. The Labute approximate surface area is 178 Å². The van der Waals surface area contributed by atoms with Crippen molar-refractivity contribution in [3.8, 4) is 0 Å². The van der Waals surface area contributed by atoms with Gasteiger partial charge in [-0.2, -0.15) is 0 Å². The third kappa shape index (κ3) is 3.46. The van der Waals surface area contributed by atoms with E-state index in [1.807, 2.05) is 31.2 Å². The smallest absolute Gasteiger partial charge is 0.338 e. The van der Waals surface area contributed by atoms with Crippen LogP contribution in [0.4, 0.5) is 11.4 Å². The average Bonchev–Trinajstić information content (AvgIpc) is 3.27. The molecule has 2 aromatic carbocycles. The zero-order chi connectivity index (χ0) is 21.5. The summed E-state index contributed by atoms with van der Waals surface area (Å²) in [6, 6.07) is 12.1. The second kappa shape index (κ2) is 7.58. The number of carbonyl (C=O) groups excluding carboxylic acids is 2. The van der Waals surface area contributed by atoms with Crippen molar-refractivity contribution in [2.24, 2.45) is 0 Å². The standard InChI is InChI=1S/C24H22N2O5/c1-2-14-5-7-17-16(12-22(27)31-21(17)10-14)13-30-24(29)15-6-8-19-18(11-15)25-23(28)20-4-3-9-26(19)20/h5-8,10-12,20H,2-4,9,13H2,1H3,(H,25,28)/t20-/m1/s1. The molecule has 3 heterocycles. The first-order valence-corrected chi connectivity index (χ1v) is 10.5. The molecule has 0 bridgehead atoms. The molecule has 158 valence electrons. The fourth-order valence-electron chi connectivity index (χ4n) is 4.40. The van der Waals surface area contributed by atoms with Crippen molar-refractivity contribution in [3.63, 3.8) is 0 Å². The predicted octanol–water partition coefficient (Wildman–Crippen LogP) is 3.63. The number of nitrogens with zero attached hydrogens (tertiary/aromatic N) is 1. The fraction of sp³-hybridized carbons (Fsp3) is 0.292. The summed E-state index contributed by atoms with van der Waals surface area (Å²) in [6.45, 7) is 2.80. The normalized spacial score (nSPS) is 17.3. The third-order valence-electron chi connectivity index (χ3n) is 6.02. The molecule has 1 aromatic heterocycles. The van der Waals surface area contributed by atoms with Crippen molar-refractivity contribution in [3.05, 3.63) is 69.6 Å². The second-order valence-electron chi connectivity index (χ2n) is 7.92. The van der Waals surface area contributed by atoms with E-state index in [1.165, 1.54) is 6.07 Å². The number of carbonyl (C=O) groups is 2. The molecule has 5 rings (SSSR count). The molecule has 31 heavy (non-hydrogen) atoms. The molecular weight excluding hydrogens is 396 g/mol. The van der Waals surface area contributed by atoms with Gasteiger partial charge in [0, 0.05) is 23.6 Å². The minimum Gasteiger partial charge on any atom is -0.457 e. The van der Waals surface area contributed by atoms with Gasteiger partial charge in [0.25, 0.3) is 0 Å². The summed E-state index contributed by atoms with van der Waals surface area (Å²) in [6.07, 6.45) is 2.64. The largest absolute Gasteiger partial charge is 0.457 e. The number of ether oxygens (including phenoxy) is 1. The van der Waals surface area contributed by atoms with Gasteiger partial charge in [-0.25, -0.2) is 9.59 Å². The van der Waals surface area contributed by atoms with Crippen LogP contribution in [0.1, 0.15) is 41.3 Å². The van der Waals surface area contributed by atoms with Crippen molar-refractivity contribution >= 4 is 34.2 Å². The number of hydrogen-bond acceptors (Lipinski definition) is 6. The fourth-order valence-corrected chi connectivity index (χ4v) is 4.40. The van der Waals surface area contributed by atoms with E-state index < -0.39 is 11.6 Å². The molecule has 1 saturated heterocycles. The number of aryl methyl sites for hydroxylation is 1. The first-order valence-electron chi connectivity index (χ1n) is 10.5. The Balaban J connectivity index is 1.38. The summed E-state index contributed by atoms with van der Waals surface area (Å²) in [5.41, 5.74) is 3.54. The summed E-state index contributed by atoms with van der Waals surface area (Å²) < 4.78 is 10.8. The minimum atomic E-state index is -0.521. The number of hydrogen-bond donors (Lipinski definition) is 1. The number of anilines is 2. The van der Waals surface area contributed by atoms with Crippen molar-refractivity contribution in [1.82, 2.24) is 0 Å². The molecule has 0 spiro atoms. The van der Waals surface area contributed by atoms with Crippen LogP contribution in [0.15, 0.2) is 51.7 Å². The van der Waals surface area contributed by atoms with E-state index in [0.717, 1.165) is 42.4 Å². The molecule has 1 atom stereocenters. The second-order valence-corrected chi connectivity index (χ2v) is 7.92. The lowest BCUT2D eigenvalue weighted by atomic mass is 10.1. The molecule has 1 amide bonds. The lowest BCUT2D eigenvalue weighted by Gasteiger charge is -2.33. The van der Waals surface area contributed by atoms with Crippen molar-refractivity contribution in [2.75, 3.05) is 16.8 Å². The Morgan fingerprint density at radius 3 is 2.90 bits per heavy atom. The average molecular weight is 418 g/mol. The molecule has 0 radical (unpaired) electrons. The third-order valence-corrected chi connectivity index (χ3v) is 6.02. The number of amides is 1. The Kier molecular flexibility index (Phi) is 4.73. The molecule has 0 saturated carbocycles. The Morgan fingerprint density at radius 1 is 1.19 bits per heavy atom. The van der Waals surface area contributed by atoms with Crippen LogP contribution < -0.4 is 15.8 Å². The number of rotatable bonds is 4. The van der Waals surface area contributed by atoms with Gasteiger partial charge in [0.05, 0.1) is 16.9 Å². The highest BCUT2D eigenvalue weighted by Crippen LogP contribution is 2.37. The van der Waals surface area contributed by atoms with Gasteiger partial charge in [0.1, 0.15) is 18.2 Å². The molecule has 0 aliphatic carbocycles. The minimum absolute atomic E-state index is 0.0375. The van der Waals surface area contributed by atoms with Gasteiger partial charge in [0.2, 0.25) is 5.91 Å². The van der Waals surface area contributed by atoms with Crippen LogP contribution in [0.3, 0.4) is 0 Å². The summed E-state index contributed by atoms with van der Waals surface area (Å²) >= 11 is 0. The van der Waals surface area contributed by atoms with Gasteiger partial charge in [0.15, 0.2) is 0 Å². The Hall–Kier alpha value is -3.61. The summed E-state index contributed by atoms with van der Waals surface area (Å²) in [7, 11) is 0. The molecule has 1 fully saturated rings. The van der Waals surface area contributed by atoms with E-state index in [9.17, 15) is 14.4 Å². The molecular formula is C24H22N2O5. The quantitative estimate of drug-likeness (QED) is 0.514. The summed E-state index contributed by atoms with van der Waals surface area (Å²) in [4.78, 5) is 39.0. The number of benzene rings is 2. The number of esters is 1. The summed E-state index contributed by atoms with van der Waals surface area (Å²) in [5.74, 6) is -0.559. The van der Waals surface area contributed by atoms with Crippen LogP contribution in [0, 0.1) is 0 Å². The maximum atomic E-state index is 12.7. The van der Waals surface area contributed by atoms with Gasteiger partial charge < -0.3 is 19.4 Å². The maximum absolute atomic E-state index is 12.7. The summed E-state index contributed by atoms with van der Waals surface area (Å²) in [5, 5.41) is 3.64. The van der Waals surface area contributed by atoms with Crippen LogP contribution in [0.2, 0.25) is 0 Å². The number of fused-ring (bicyclic) bond motifs is 4. The van der Waals surface area contributed by atoms with E-state index >= 15 is 0 Å². The van der Waals surface area contributed by atoms with Crippen molar-refractivity contribution in [2.45, 2.75) is 38.8 Å². The molecule has 1 N–H and O–H groups in total. The molecule has 2 aliphatic rings. The van der Waals surface area contributed by atoms with Crippen molar-refractivity contribution in [1.29, 1.82) is 0 Å². The first-order chi connectivity index (χ1) is 15.0. The van der Waals surface area contributed by atoms with Gasteiger partial charge in [-0.15, -0.1) is 0 Å². The van der Waals surface area contributed by atoms with Crippen LogP contribution in [-0.4, -0.2) is 24.5 Å². The van der Waals surface area contributed by atoms with Gasteiger partial charge in [-0.1, -0.05) is 19.1 Å². The molecule has 7 heteroatoms. The number of nitrogens with one attached hydrogen (secondary N) is 1. The van der Waals surface area contributed by atoms with Crippen LogP contribution >= 0.6 is 0 Å². The van der Waals surface area contributed by atoms with Gasteiger partial charge in [-0.3, -0.25) is 4.79 Å². The Bertz CT molecular complexity index is 1260. The van der Waals surface area contributed by atoms with Crippen LogP contribution in [0.25, 0.3) is 11.0 Å². The topological polar surface area (TPSA) is 88.9 Å². The lowest BCUT2D eigenvalue weighted by molar-refractivity contribution is -0.117. The SMILES string of the molecule is CCc1ccc2c(COC(=O)c3ccc4c(c3)NC(=O)[C@H]3CCCN43)cc(=O)oc2c1. The van der Waals surface area contributed by atoms with Crippen molar-refractivity contribution < 1.29 is 18.7 Å². The molecule has 0 unspecified atom stereocenters. The van der Waals surface area contributed by atoms with E-state index in [-0.39, 0.29) is 18.6 Å². The van der Waals surface area contributed by atoms with Crippen LogP contribution in [-0.2, 0) is 22.6 Å². The first kappa shape index (κ1) is 19.4. The van der Waals surface area contributed by atoms with E-state index in [1.54, 1.807) is 12.1 Å². The monoisotopic (exact) mass is 418 g/mol. The molecule has 7 nitrogen and oxygen atoms in total. The predicted molar refractivity (Wildman–Crippen MR) is 116 cm³/mol. The zero-order valence-electron chi connectivity index (χ0n) is 17.1. The molecule has 3 aromatic rings. The van der Waals surface area contributed by atoms with E-state index in [4.69, 9.17) is 9.15 Å². The highest BCUT2D eigenvalue weighted by Gasteiger charge is 2.36. The van der Waals surface area contributed by atoms with Gasteiger partial charge in [-0.05, 0) is 49.1 Å². The zero-order valence-corrected chi connectivity index (χ0v) is 17.1. The van der Waals surface area contributed by atoms with Crippen LogP contribution in [0.5, 0.6) is 0 Å². The highest BCUT2D eigenvalue weighted by atomic mass is 16.5.